The third kappa shape index (κ3) is 6.35. The Balaban J connectivity index is 2.25. The molecule has 1 aromatic heterocycles. The minimum absolute atomic E-state index is 0.195. The summed E-state index contributed by atoms with van der Waals surface area (Å²) in [5.41, 5.74) is 0.651. The SMILES string of the molecule is CS/C(=C/[N+](=O)[O-])NCCSCc1ncccc1O. The molecule has 0 aliphatic rings. The highest BCUT2D eigenvalue weighted by atomic mass is 32.2. The second kappa shape index (κ2) is 8.65. The Morgan fingerprint density at radius 2 is 2.47 bits per heavy atom. The van der Waals surface area contributed by atoms with E-state index in [1.54, 1.807) is 36.3 Å². The highest BCUT2D eigenvalue weighted by molar-refractivity contribution is 8.02. The van der Waals surface area contributed by atoms with Crippen molar-refractivity contribution in [3.05, 3.63) is 45.4 Å². The van der Waals surface area contributed by atoms with Crippen LogP contribution >= 0.6 is 23.5 Å². The van der Waals surface area contributed by atoms with Crippen LogP contribution in [0.15, 0.2) is 29.6 Å². The lowest BCUT2D eigenvalue weighted by atomic mass is 10.3. The van der Waals surface area contributed by atoms with Gasteiger partial charge in [-0.25, -0.2) is 0 Å². The topological polar surface area (TPSA) is 88.3 Å². The van der Waals surface area contributed by atoms with Gasteiger partial charge in [0, 0.05) is 24.2 Å². The Labute approximate surface area is 119 Å². The molecule has 8 heteroatoms. The molecule has 0 aliphatic heterocycles. The van der Waals surface area contributed by atoms with Crippen molar-refractivity contribution in [3.63, 3.8) is 0 Å². The maximum absolute atomic E-state index is 10.3. The van der Waals surface area contributed by atoms with E-state index in [1.165, 1.54) is 11.8 Å². The standard InChI is InChI=1S/C11H15N3O3S2/c1-18-11(7-14(16)17)13-5-6-19-8-9-10(15)3-2-4-12-9/h2-4,7,13,15H,5-6,8H2,1H3/b11-7+. The van der Waals surface area contributed by atoms with E-state index in [9.17, 15) is 15.2 Å². The van der Waals surface area contributed by atoms with E-state index in [4.69, 9.17) is 0 Å². The molecule has 1 aromatic rings. The van der Waals surface area contributed by atoms with E-state index in [0.717, 1.165) is 12.0 Å². The molecule has 0 aliphatic carbocycles. The number of pyridine rings is 1. The molecule has 0 saturated carbocycles. The fourth-order valence-corrected chi connectivity index (χ4v) is 2.47. The second-order valence-electron chi connectivity index (χ2n) is 3.43. The number of nitrogens with zero attached hydrogens (tertiary/aromatic N) is 2. The normalized spacial score (nSPS) is 11.3. The lowest BCUT2D eigenvalue weighted by molar-refractivity contribution is -0.403. The summed E-state index contributed by atoms with van der Waals surface area (Å²) >= 11 is 2.90. The summed E-state index contributed by atoms with van der Waals surface area (Å²) in [4.78, 5) is 13.9. The molecule has 0 amide bonds. The number of hydrogen-bond donors (Lipinski definition) is 2. The van der Waals surface area contributed by atoms with Crippen molar-refractivity contribution in [2.75, 3.05) is 18.6 Å². The first-order valence-electron chi connectivity index (χ1n) is 5.47. The van der Waals surface area contributed by atoms with Crippen molar-refractivity contribution in [2.24, 2.45) is 0 Å². The lowest BCUT2D eigenvalue weighted by Gasteiger charge is -2.06. The number of rotatable bonds is 8. The number of hydrogen-bond acceptors (Lipinski definition) is 7. The van der Waals surface area contributed by atoms with E-state index in [2.05, 4.69) is 10.3 Å². The Morgan fingerprint density at radius 3 is 3.11 bits per heavy atom. The van der Waals surface area contributed by atoms with Crippen molar-refractivity contribution in [1.29, 1.82) is 0 Å². The van der Waals surface area contributed by atoms with Crippen LogP contribution in [-0.2, 0) is 5.75 Å². The quantitative estimate of drug-likeness (QED) is 0.431. The fourth-order valence-electron chi connectivity index (χ4n) is 1.22. The zero-order valence-electron chi connectivity index (χ0n) is 10.4. The summed E-state index contributed by atoms with van der Waals surface area (Å²) < 4.78 is 0. The first-order valence-corrected chi connectivity index (χ1v) is 7.85. The van der Waals surface area contributed by atoms with E-state index >= 15 is 0 Å². The Morgan fingerprint density at radius 1 is 1.68 bits per heavy atom. The molecule has 1 rings (SSSR count). The predicted octanol–water partition coefficient (Wildman–Crippen LogP) is 2.05. The van der Waals surface area contributed by atoms with Crippen LogP contribution in [0.1, 0.15) is 5.69 Å². The van der Waals surface area contributed by atoms with Gasteiger partial charge >= 0.3 is 0 Å². The Bertz CT molecular complexity index is 455. The summed E-state index contributed by atoms with van der Waals surface area (Å²) in [6.07, 6.45) is 4.38. The fraction of sp³-hybridized carbons (Fsp3) is 0.364. The predicted molar refractivity (Wildman–Crippen MR) is 78.7 cm³/mol. The van der Waals surface area contributed by atoms with Gasteiger partial charge in [0.25, 0.3) is 6.20 Å². The zero-order valence-corrected chi connectivity index (χ0v) is 12.0. The lowest BCUT2D eigenvalue weighted by Crippen LogP contribution is -2.15. The van der Waals surface area contributed by atoms with E-state index in [1.807, 2.05) is 0 Å². The molecule has 1 heterocycles. The monoisotopic (exact) mass is 301 g/mol. The molecule has 0 spiro atoms. The van der Waals surface area contributed by atoms with Crippen LogP contribution in [-0.4, -0.2) is 33.6 Å². The Hall–Kier alpha value is -1.41. The third-order valence-corrected chi connectivity index (χ3v) is 3.75. The van der Waals surface area contributed by atoms with E-state index in [-0.39, 0.29) is 5.75 Å². The molecule has 0 saturated heterocycles. The van der Waals surface area contributed by atoms with Gasteiger partial charge in [0.15, 0.2) is 0 Å². The summed E-state index contributed by atoms with van der Waals surface area (Å²) in [7, 11) is 0. The molecule has 19 heavy (non-hydrogen) atoms. The molecule has 2 N–H and O–H groups in total. The molecule has 104 valence electrons. The summed E-state index contributed by atoms with van der Waals surface area (Å²) in [5.74, 6) is 1.58. The molecule has 0 unspecified atom stereocenters. The zero-order chi connectivity index (χ0) is 14.1. The van der Waals surface area contributed by atoms with Gasteiger partial charge in [-0.3, -0.25) is 15.1 Å². The van der Waals surface area contributed by atoms with Crippen molar-refractivity contribution >= 4 is 23.5 Å². The van der Waals surface area contributed by atoms with Gasteiger partial charge in [0.2, 0.25) is 0 Å². The first-order chi connectivity index (χ1) is 9.13. The maximum Gasteiger partial charge on any atom is 0.263 e. The van der Waals surface area contributed by atoms with Crippen LogP contribution < -0.4 is 5.32 Å². The number of thioether (sulfide) groups is 2. The highest BCUT2D eigenvalue weighted by Gasteiger charge is 2.02. The molecular formula is C11H15N3O3S2. The summed E-state index contributed by atoms with van der Waals surface area (Å²) in [6.45, 7) is 0.624. The van der Waals surface area contributed by atoms with Gasteiger partial charge < -0.3 is 10.4 Å². The van der Waals surface area contributed by atoms with Crippen molar-refractivity contribution < 1.29 is 10.0 Å². The minimum atomic E-state index is -0.474. The number of aromatic nitrogens is 1. The van der Waals surface area contributed by atoms with Crippen molar-refractivity contribution in [1.82, 2.24) is 10.3 Å². The van der Waals surface area contributed by atoms with Crippen molar-refractivity contribution in [3.8, 4) is 5.75 Å². The molecule has 0 radical (unpaired) electrons. The van der Waals surface area contributed by atoms with Gasteiger partial charge in [-0.15, -0.1) is 11.8 Å². The maximum atomic E-state index is 10.3. The molecule has 6 nitrogen and oxygen atoms in total. The number of nitro groups is 1. The van der Waals surface area contributed by atoms with Gasteiger partial charge in [-0.2, -0.15) is 11.8 Å². The van der Waals surface area contributed by atoms with Gasteiger partial charge in [0.1, 0.15) is 10.8 Å². The largest absolute Gasteiger partial charge is 0.506 e. The number of nitrogens with one attached hydrogen (secondary N) is 1. The molecule has 0 bridgehead atoms. The van der Waals surface area contributed by atoms with Crippen LogP contribution in [0.2, 0.25) is 0 Å². The summed E-state index contributed by atoms with van der Waals surface area (Å²) in [6, 6.07) is 3.28. The molecule has 0 aromatic carbocycles. The minimum Gasteiger partial charge on any atom is -0.506 e. The second-order valence-corrected chi connectivity index (χ2v) is 5.38. The Kier molecular flexibility index (Phi) is 7.12. The van der Waals surface area contributed by atoms with Crippen LogP contribution in [0.4, 0.5) is 0 Å². The average molecular weight is 301 g/mol. The van der Waals surface area contributed by atoms with Gasteiger partial charge in [0.05, 0.1) is 10.6 Å². The molecule has 0 fully saturated rings. The van der Waals surface area contributed by atoms with Crippen LogP contribution in [0.3, 0.4) is 0 Å². The smallest absolute Gasteiger partial charge is 0.263 e. The highest BCUT2D eigenvalue weighted by Crippen LogP contribution is 2.18. The van der Waals surface area contributed by atoms with Crippen molar-refractivity contribution in [2.45, 2.75) is 5.75 Å². The van der Waals surface area contributed by atoms with Gasteiger partial charge in [-0.1, -0.05) is 0 Å². The van der Waals surface area contributed by atoms with E-state index in [0.29, 0.717) is 23.0 Å². The van der Waals surface area contributed by atoms with Crippen LogP contribution in [0, 0.1) is 10.1 Å². The van der Waals surface area contributed by atoms with Gasteiger partial charge in [-0.05, 0) is 18.4 Å². The number of aromatic hydroxyl groups is 1. The molecule has 0 atom stereocenters. The van der Waals surface area contributed by atoms with Crippen LogP contribution in [0.25, 0.3) is 0 Å². The van der Waals surface area contributed by atoms with E-state index < -0.39 is 4.92 Å². The average Bonchev–Trinajstić information content (AvgIpc) is 2.38. The first kappa shape index (κ1) is 15.6. The molecular weight excluding hydrogens is 286 g/mol. The summed E-state index contributed by atoms with van der Waals surface area (Å²) in [5, 5.41) is 23.3. The third-order valence-electron chi connectivity index (χ3n) is 2.09. The van der Waals surface area contributed by atoms with Crippen LogP contribution in [0.5, 0.6) is 5.75 Å².